The van der Waals surface area contributed by atoms with Crippen LogP contribution in [-0.4, -0.2) is 10.1 Å². The Balaban J connectivity index is 1.68. The van der Waals surface area contributed by atoms with Gasteiger partial charge in [-0.2, -0.15) is 5.10 Å². The Labute approximate surface area is 145 Å². The molecule has 0 saturated carbocycles. The van der Waals surface area contributed by atoms with Crippen LogP contribution in [0.5, 0.6) is 5.75 Å². The summed E-state index contributed by atoms with van der Waals surface area (Å²) in [4.78, 5) is 28.9. The second kappa shape index (κ2) is 5.95. The molecule has 0 bridgehead atoms. The third-order valence-corrected chi connectivity index (χ3v) is 4.52. The van der Waals surface area contributed by atoms with E-state index in [0.717, 1.165) is 5.56 Å². The zero-order valence-corrected chi connectivity index (χ0v) is 13.6. The molecule has 0 aliphatic rings. The van der Waals surface area contributed by atoms with Crippen molar-refractivity contribution in [1.29, 1.82) is 0 Å². The molecule has 25 heavy (non-hydrogen) atoms. The predicted octanol–water partition coefficient (Wildman–Crippen LogP) is 2.19. The number of thiazole rings is 1. The molecule has 4 rings (SSSR count). The first-order valence-corrected chi connectivity index (χ1v) is 8.28. The summed E-state index contributed by atoms with van der Waals surface area (Å²) in [5.74, 6) is 0.182. The summed E-state index contributed by atoms with van der Waals surface area (Å²) in [6.07, 6.45) is 0. The molecule has 4 aromatic rings. The lowest BCUT2D eigenvalue weighted by atomic mass is 10.2. The summed E-state index contributed by atoms with van der Waals surface area (Å²) in [6, 6.07) is 13.3. The van der Waals surface area contributed by atoms with Crippen molar-refractivity contribution in [1.82, 2.24) is 4.98 Å². The minimum absolute atomic E-state index is 0.136. The number of rotatable bonds is 3. The van der Waals surface area contributed by atoms with Crippen molar-refractivity contribution < 1.29 is 5.11 Å². The van der Waals surface area contributed by atoms with E-state index in [1.165, 1.54) is 11.3 Å². The van der Waals surface area contributed by atoms with Gasteiger partial charge in [-0.3, -0.25) is 15.0 Å². The van der Waals surface area contributed by atoms with Crippen molar-refractivity contribution in [3.05, 3.63) is 79.7 Å². The fourth-order valence-corrected chi connectivity index (χ4v) is 3.19. The lowest BCUT2D eigenvalue weighted by molar-refractivity contribution is 0.475. The Morgan fingerprint density at radius 3 is 2.24 bits per heavy atom. The highest BCUT2D eigenvalue weighted by Crippen LogP contribution is 2.26. The molecule has 2 N–H and O–H groups in total. The van der Waals surface area contributed by atoms with E-state index < -0.39 is 0 Å². The minimum atomic E-state index is -0.386. The van der Waals surface area contributed by atoms with Gasteiger partial charge in [0.15, 0.2) is 5.36 Å². The van der Waals surface area contributed by atoms with Crippen LogP contribution >= 0.6 is 11.3 Å². The average Bonchev–Trinajstić information content (AvgIpc) is 3.19. The second-order valence-corrected chi connectivity index (χ2v) is 6.22. The monoisotopic (exact) mass is 349 g/mol. The molecule has 7 heteroatoms. The van der Waals surface area contributed by atoms with Gasteiger partial charge in [0.05, 0.1) is 5.69 Å². The number of nitrogens with one attached hydrogen (secondary N) is 1. The van der Waals surface area contributed by atoms with E-state index in [2.05, 4.69) is 15.5 Å². The maximum Gasteiger partial charge on any atom is 0.217 e. The SMILES string of the molecule is O=c1c(=NNc2nc(-c3ccc(O)cc3)cs2)c(=O)c2ccccc12. The molecule has 0 fully saturated rings. The molecular formula is C18H11N3O3S. The normalized spacial score (nSPS) is 10.9. The largest absolute Gasteiger partial charge is 0.508 e. The highest BCUT2D eigenvalue weighted by molar-refractivity contribution is 7.14. The number of aromatic nitrogens is 1. The highest BCUT2D eigenvalue weighted by atomic mass is 32.1. The minimum Gasteiger partial charge on any atom is -0.508 e. The summed E-state index contributed by atoms with van der Waals surface area (Å²) >= 11 is 1.30. The van der Waals surface area contributed by atoms with E-state index in [9.17, 15) is 14.7 Å². The molecule has 0 amide bonds. The van der Waals surface area contributed by atoms with Gasteiger partial charge in [0, 0.05) is 21.7 Å². The summed E-state index contributed by atoms with van der Waals surface area (Å²) in [5.41, 5.74) is 3.47. The summed E-state index contributed by atoms with van der Waals surface area (Å²) < 4.78 is 0. The second-order valence-electron chi connectivity index (χ2n) is 5.36. The van der Waals surface area contributed by atoms with Crippen LogP contribution in [0.15, 0.2) is 68.6 Å². The molecule has 3 aromatic carbocycles. The Morgan fingerprint density at radius 2 is 1.60 bits per heavy atom. The van der Waals surface area contributed by atoms with Gasteiger partial charge in [-0.05, 0) is 24.3 Å². The van der Waals surface area contributed by atoms with Crippen molar-refractivity contribution in [2.24, 2.45) is 5.10 Å². The van der Waals surface area contributed by atoms with Crippen molar-refractivity contribution in [3.63, 3.8) is 0 Å². The number of nitrogens with zero attached hydrogens (tertiary/aromatic N) is 2. The first-order chi connectivity index (χ1) is 12.1. The van der Waals surface area contributed by atoms with E-state index >= 15 is 0 Å². The van der Waals surface area contributed by atoms with E-state index in [4.69, 9.17) is 0 Å². The number of phenolic OH excluding ortho intramolecular Hbond substituents is 1. The van der Waals surface area contributed by atoms with Crippen molar-refractivity contribution in [3.8, 4) is 17.0 Å². The van der Waals surface area contributed by atoms with Gasteiger partial charge in [-0.15, -0.1) is 11.3 Å². The lowest BCUT2D eigenvalue weighted by Crippen LogP contribution is -2.32. The van der Waals surface area contributed by atoms with Gasteiger partial charge < -0.3 is 5.11 Å². The molecule has 1 aromatic heterocycles. The first-order valence-electron chi connectivity index (χ1n) is 7.40. The molecule has 0 aliphatic heterocycles. The van der Waals surface area contributed by atoms with Crippen LogP contribution in [0.1, 0.15) is 0 Å². The maximum absolute atomic E-state index is 12.3. The van der Waals surface area contributed by atoms with Gasteiger partial charge >= 0.3 is 0 Å². The smallest absolute Gasteiger partial charge is 0.217 e. The molecule has 0 saturated heterocycles. The third kappa shape index (κ3) is 2.70. The average molecular weight is 349 g/mol. The predicted molar refractivity (Wildman–Crippen MR) is 97.3 cm³/mol. The summed E-state index contributed by atoms with van der Waals surface area (Å²) in [6.45, 7) is 0. The number of phenols is 1. The van der Waals surface area contributed by atoms with E-state index in [0.29, 0.717) is 21.6 Å². The topological polar surface area (TPSA) is 91.7 Å². The molecule has 0 aliphatic carbocycles. The number of hydrogen-bond acceptors (Lipinski definition) is 7. The van der Waals surface area contributed by atoms with Gasteiger partial charge in [0.2, 0.25) is 16.0 Å². The maximum atomic E-state index is 12.3. The van der Waals surface area contributed by atoms with Gasteiger partial charge in [0.25, 0.3) is 0 Å². The Kier molecular flexibility index (Phi) is 3.62. The van der Waals surface area contributed by atoms with Crippen LogP contribution in [0.2, 0.25) is 0 Å². The zero-order valence-electron chi connectivity index (χ0n) is 12.8. The van der Waals surface area contributed by atoms with Crippen molar-refractivity contribution in [2.75, 3.05) is 5.43 Å². The van der Waals surface area contributed by atoms with Crippen LogP contribution in [0.3, 0.4) is 0 Å². The highest BCUT2D eigenvalue weighted by Gasteiger charge is 2.10. The Morgan fingerprint density at radius 1 is 0.960 bits per heavy atom. The fraction of sp³-hybridized carbons (Fsp3) is 0. The van der Waals surface area contributed by atoms with Crippen LogP contribution in [0.4, 0.5) is 5.13 Å². The molecule has 1 heterocycles. The van der Waals surface area contributed by atoms with E-state index in [1.807, 2.05) is 5.38 Å². The summed E-state index contributed by atoms with van der Waals surface area (Å²) in [7, 11) is 0. The first kappa shape index (κ1) is 15.2. The van der Waals surface area contributed by atoms with Gasteiger partial charge in [-0.25, -0.2) is 4.98 Å². The Bertz CT molecular complexity index is 1170. The molecule has 0 atom stereocenters. The number of aromatic hydroxyl groups is 1. The molecule has 0 spiro atoms. The number of anilines is 1. The quantitative estimate of drug-likeness (QED) is 0.553. The molecule has 0 radical (unpaired) electrons. The molecular weight excluding hydrogens is 338 g/mol. The van der Waals surface area contributed by atoms with Crippen LogP contribution in [0, 0.1) is 0 Å². The molecule has 122 valence electrons. The number of benzene rings is 2. The third-order valence-electron chi connectivity index (χ3n) is 3.78. The molecule has 0 unspecified atom stereocenters. The van der Waals surface area contributed by atoms with E-state index in [-0.39, 0.29) is 22.0 Å². The van der Waals surface area contributed by atoms with Crippen LogP contribution in [-0.2, 0) is 0 Å². The lowest BCUT2D eigenvalue weighted by Gasteiger charge is -1.96. The zero-order chi connectivity index (χ0) is 17.4. The van der Waals surface area contributed by atoms with Crippen molar-refractivity contribution in [2.45, 2.75) is 0 Å². The fourth-order valence-electron chi connectivity index (χ4n) is 2.53. The van der Waals surface area contributed by atoms with Crippen LogP contribution < -0.4 is 21.6 Å². The Hall–Kier alpha value is -3.32. The number of hydrogen-bond donors (Lipinski definition) is 2. The van der Waals surface area contributed by atoms with Crippen molar-refractivity contribution >= 4 is 27.2 Å². The molecule has 6 nitrogen and oxygen atoms in total. The van der Waals surface area contributed by atoms with Gasteiger partial charge in [-0.1, -0.05) is 24.3 Å². The van der Waals surface area contributed by atoms with Gasteiger partial charge in [0.1, 0.15) is 5.75 Å². The summed E-state index contributed by atoms with van der Waals surface area (Å²) in [5, 5.41) is 16.2. The van der Waals surface area contributed by atoms with Crippen LogP contribution in [0.25, 0.3) is 22.0 Å². The number of fused-ring (bicyclic) bond motifs is 1. The van der Waals surface area contributed by atoms with E-state index in [1.54, 1.807) is 48.5 Å². The standard InChI is InChI=1S/C18H11N3O3S/c22-11-7-5-10(6-8-11)14-9-25-18(19-14)21-20-15-16(23)12-3-1-2-4-13(12)17(15)24/h1-9,22H,(H,19,21).